The molecule has 3 saturated heterocycles. The van der Waals surface area contributed by atoms with Crippen molar-refractivity contribution in [2.75, 3.05) is 40.3 Å². The molecule has 0 radical (unpaired) electrons. The highest BCUT2D eigenvalue weighted by Gasteiger charge is 2.57. The third-order valence-electron chi connectivity index (χ3n) is 3.83. The second-order valence-corrected chi connectivity index (χ2v) is 7.35. The van der Waals surface area contributed by atoms with Crippen molar-refractivity contribution in [1.82, 2.24) is 0 Å². The molecule has 10 nitrogen and oxygen atoms in total. The molecule has 140 valence electrons. The quantitative estimate of drug-likeness (QED) is 0.509. The van der Waals surface area contributed by atoms with Gasteiger partial charge in [0.15, 0.2) is 18.9 Å². The maximum Gasteiger partial charge on any atom is 0.264 e. The molecule has 3 fully saturated rings. The van der Waals surface area contributed by atoms with E-state index in [1.54, 1.807) is 0 Å². The zero-order valence-corrected chi connectivity index (χ0v) is 14.5. The lowest BCUT2D eigenvalue weighted by atomic mass is 10.1. The predicted octanol–water partition coefficient (Wildman–Crippen LogP) is -1.17. The second kappa shape index (κ2) is 7.48. The molecule has 3 rings (SSSR count). The number of rotatable bonds is 7. The number of ether oxygens (including phenoxy) is 7. The summed E-state index contributed by atoms with van der Waals surface area (Å²) in [6.45, 7) is 0.686. The van der Waals surface area contributed by atoms with Crippen molar-refractivity contribution in [3.05, 3.63) is 0 Å². The monoisotopic (exact) mass is 370 g/mol. The molecule has 7 atom stereocenters. The molecule has 0 N–H and O–H groups in total. The maximum absolute atomic E-state index is 11.6. The van der Waals surface area contributed by atoms with Crippen LogP contribution in [0.3, 0.4) is 0 Å². The molecule has 0 aromatic carbocycles. The standard InChI is InChI=1S/C13H22O10S/c1-16-5-8-18-4-7(19-8)10-11(23-24(3,14)15)12-13(22-10)21-9(20-12)6-17-2/h7-13H,4-6H2,1-3H3. The van der Waals surface area contributed by atoms with Crippen LogP contribution < -0.4 is 0 Å². The number of fused-ring (bicyclic) bond motifs is 1. The maximum atomic E-state index is 11.6. The predicted molar refractivity (Wildman–Crippen MR) is 76.5 cm³/mol. The molecule has 24 heavy (non-hydrogen) atoms. The van der Waals surface area contributed by atoms with Gasteiger partial charge < -0.3 is 33.2 Å². The van der Waals surface area contributed by atoms with Crippen LogP contribution in [0.2, 0.25) is 0 Å². The van der Waals surface area contributed by atoms with Crippen LogP contribution in [0.4, 0.5) is 0 Å². The van der Waals surface area contributed by atoms with Crippen LogP contribution >= 0.6 is 0 Å². The Hall–Kier alpha value is -0.370. The highest BCUT2D eigenvalue weighted by Crippen LogP contribution is 2.38. The number of hydrogen-bond donors (Lipinski definition) is 0. The summed E-state index contributed by atoms with van der Waals surface area (Å²) < 4.78 is 66.5. The van der Waals surface area contributed by atoms with Crippen LogP contribution in [-0.4, -0.2) is 92.0 Å². The second-order valence-electron chi connectivity index (χ2n) is 5.75. The molecular weight excluding hydrogens is 348 g/mol. The van der Waals surface area contributed by atoms with Gasteiger partial charge >= 0.3 is 0 Å². The Bertz CT molecular complexity index is 525. The van der Waals surface area contributed by atoms with Crippen molar-refractivity contribution in [1.29, 1.82) is 0 Å². The van der Waals surface area contributed by atoms with Crippen molar-refractivity contribution in [2.45, 2.75) is 43.3 Å². The average molecular weight is 370 g/mol. The van der Waals surface area contributed by atoms with Gasteiger partial charge in [0.2, 0.25) is 0 Å². The molecule has 0 aliphatic carbocycles. The lowest BCUT2D eigenvalue weighted by molar-refractivity contribution is -0.200. The van der Waals surface area contributed by atoms with E-state index < -0.39 is 53.4 Å². The van der Waals surface area contributed by atoms with Gasteiger partial charge in [-0.3, -0.25) is 4.18 Å². The summed E-state index contributed by atoms with van der Waals surface area (Å²) in [7, 11) is -0.690. The molecule has 0 spiro atoms. The highest BCUT2D eigenvalue weighted by atomic mass is 32.2. The van der Waals surface area contributed by atoms with Gasteiger partial charge in [-0.25, -0.2) is 0 Å². The fourth-order valence-electron chi connectivity index (χ4n) is 2.96. The Morgan fingerprint density at radius 1 is 0.958 bits per heavy atom. The van der Waals surface area contributed by atoms with Crippen molar-refractivity contribution < 1.29 is 45.8 Å². The van der Waals surface area contributed by atoms with Gasteiger partial charge in [-0.05, 0) is 0 Å². The Labute approximate surface area is 140 Å². The van der Waals surface area contributed by atoms with Gasteiger partial charge in [0.1, 0.15) is 24.4 Å². The molecule has 3 heterocycles. The third-order valence-corrected chi connectivity index (χ3v) is 4.40. The summed E-state index contributed by atoms with van der Waals surface area (Å²) in [6.07, 6.45) is -3.79. The zero-order chi connectivity index (χ0) is 17.3. The van der Waals surface area contributed by atoms with Gasteiger partial charge in [0.05, 0.1) is 26.1 Å². The van der Waals surface area contributed by atoms with Crippen LogP contribution in [0.5, 0.6) is 0 Å². The Kier molecular flexibility index (Phi) is 5.74. The van der Waals surface area contributed by atoms with E-state index in [0.29, 0.717) is 0 Å². The van der Waals surface area contributed by atoms with Crippen molar-refractivity contribution in [2.24, 2.45) is 0 Å². The van der Waals surface area contributed by atoms with Gasteiger partial charge in [-0.15, -0.1) is 0 Å². The molecule has 0 bridgehead atoms. The zero-order valence-electron chi connectivity index (χ0n) is 13.7. The normalized spacial score (nSPS) is 42.5. The smallest absolute Gasteiger partial charge is 0.264 e. The number of hydrogen-bond acceptors (Lipinski definition) is 10. The lowest BCUT2D eigenvalue weighted by Gasteiger charge is -2.25. The summed E-state index contributed by atoms with van der Waals surface area (Å²) in [5.41, 5.74) is 0. The lowest BCUT2D eigenvalue weighted by Crippen LogP contribution is -2.44. The van der Waals surface area contributed by atoms with Crippen LogP contribution in [-0.2, 0) is 47.5 Å². The first-order valence-electron chi connectivity index (χ1n) is 7.51. The van der Waals surface area contributed by atoms with Crippen LogP contribution in [0, 0.1) is 0 Å². The Balaban J connectivity index is 1.70. The van der Waals surface area contributed by atoms with E-state index in [4.69, 9.17) is 37.3 Å². The molecule has 3 aliphatic rings. The summed E-state index contributed by atoms with van der Waals surface area (Å²) >= 11 is 0. The van der Waals surface area contributed by atoms with Crippen LogP contribution in [0.15, 0.2) is 0 Å². The van der Waals surface area contributed by atoms with E-state index in [9.17, 15) is 8.42 Å². The van der Waals surface area contributed by atoms with Gasteiger partial charge in [0.25, 0.3) is 10.1 Å². The molecule has 0 amide bonds. The Morgan fingerprint density at radius 2 is 1.67 bits per heavy atom. The molecule has 11 heteroatoms. The van der Waals surface area contributed by atoms with Gasteiger partial charge in [-0.2, -0.15) is 8.42 Å². The third kappa shape index (κ3) is 4.06. The SMILES string of the molecule is COCC1OCC(C2OC3OC(COC)OC3C2OS(C)(=O)=O)O1. The minimum atomic E-state index is -3.73. The number of methoxy groups -OCH3 is 2. The molecule has 7 unspecified atom stereocenters. The largest absolute Gasteiger partial charge is 0.379 e. The van der Waals surface area contributed by atoms with E-state index in [-0.39, 0.29) is 19.8 Å². The van der Waals surface area contributed by atoms with E-state index >= 15 is 0 Å². The first-order valence-corrected chi connectivity index (χ1v) is 9.32. The average Bonchev–Trinajstić information content (AvgIpc) is 3.15. The summed E-state index contributed by atoms with van der Waals surface area (Å²) in [4.78, 5) is 0. The van der Waals surface area contributed by atoms with Crippen molar-refractivity contribution >= 4 is 10.1 Å². The molecular formula is C13H22O10S. The van der Waals surface area contributed by atoms with Crippen LogP contribution in [0.25, 0.3) is 0 Å². The topological polar surface area (TPSA) is 108 Å². The first-order chi connectivity index (χ1) is 11.4. The fraction of sp³-hybridized carbons (Fsp3) is 1.00. The van der Waals surface area contributed by atoms with Gasteiger partial charge in [0, 0.05) is 14.2 Å². The van der Waals surface area contributed by atoms with E-state index in [1.807, 2.05) is 0 Å². The molecule has 0 aromatic heterocycles. The summed E-state index contributed by atoms with van der Waals surface area (Å²) in [6, 6.07) is 0. The molecule has 0 aromatic rings. The first kappa shape index (κ1) is 18.4. The minimum absolute atomic E-state index is 0.200. The summed E-state index contributed by atoms with van der Waals surface area (Å²) in [5.74, 6) is 0. The van der Waals surface area contributed by atoms with Crippen molar-refractivity contribution in [3.63, 3.8) is 0 Å². The van der Waals surface area contributed by atoms with Crippen LogP contribution in [0.1, 0.15) is 0 Å². The highest BCUT2D eigenvalue weighted by molar-refractivity contribution is 7.86. The van der Waals surface area contributed by atoms with E-state index in [1.165, 1.54) is 14.2 Å². The van der Waals surface area contributed by atoms with Crippen molar-refractivity contribution in [3.8, 4) is 0 Å². The van der Waals surface area contributed by atoms with E-state index in [2.05, 4.69) is 0 Å². The molecule has 0 saturated carbocycles. The fourth-order valence-corrected chi connectivity index (χ4v) is 3.58. The van der Waals surface area contributed by atoms with Gasteiger partial charge in [-0.1, -0.05) is 0 Å². The Morgan fingerprint density at radius 3 is 2.33 bits per heavy atom. The molecule has 3 aliphatic heterocycles. The summed E-state index contributed by atoms with van der Waals surface area (Å²) in [5, 5.41) is 0. The minimum Gasteiger partial charge on any atom is -0.379 e. The van der Waals surface area contributed by atoms with E-state index in [0.717, 1.165) is 6.26 Å².